The molecule has 3 heterocycles. The fourth-order valence-corrected chi connectivity index (χ4v) is 3.86. The monoisotopic (exact) mass is 343 g/mol. The van der Waals surface area contributed by atoms with Gasteiger partial charge in [0.05, 0.1) is 23.7 Å². The molecule has 0 radical (unpaired) electrons. The molecule has 0 saturated heterocycles. The van der Waals surface area contributed by atoms with E-state index in [4.69, 9.17) is 0 Å². The SMILES string of the molecule is O=C1c2ccccc2C(=O)N1CC1Nc2ccccc2Cn2cccc21. The van der Waals surface area contributed by atoms with Crippen LogP contribution in [-0.2, 0) is 6.54 Å². The van der Waals surface area contributed by atoms with Crippen molar-refractivity contribution < 1.29 is 9.59 Å². The number of nitrogens with zero attached hydrogens (tertiary/aromatic N) is 2. The Morgan fingerprint density at radius 3 is 2.35 bits per heavy atom. The maximum absolute atomic E-state index is 12.7. The number of carbonyl (C=O) groups is 2. The molecule has 2 amide bonds. The van der Waals surface area contributed by atoms with E-state index in [9.17, 15) is 9.59 Å². The number of aromatic nitrogens is 1. The smallest absolute Gasteiger partial charge is 0.261 e. The van der Waals surface area contributed by atoms with Gasteiger partial charge in [0, 0.05) is 24.1 Å². The highest BCUT2D eigenvalue weighted by molar-refractivity contribution is 6.21. The maximum atomic E-state index is 12.7. The molecule has 1 aromatic heterocycles. The number of para-hydroxylation sites is 1. The van der Waals surface area contributed by atoms with Crippen LogP contribution in [0.5, 0.6) is 0 Å². The zero-order valence-electron chi connectivity index (χ0n) is 14.1. The molecule has 0 bridgehead atoms. The number of imide groups is 1. The Hall–Kier alpha value is -3.34. The second-order valence-electron chi connectivity index (χ2n) is 6.68. The van der Waals surface area contributed by atoms with E-state index in [1.807, 2.05) is 36.5 Å². The summed E-state index contributed by atoms with van der Waals surface area (Å²) >= 11 is 0. The molecule has 2 aromatic carbocycles. The van der Waals surface area contributed by atoms with Crippen LogP contribution < -0.4 is 5.32 Å². The van der Waals surface area contributed by atoms with E-state index >= 15 is 0 Å². The van der Waals surface area contributed by atoms with Crippen LogP contribution in [0.1, 0.15) is 38.0 Å². The van der Waals surface area contributed by atoms with Gasteiger partial charge >= 0.3 is 0 Å². The molecule has 26 heavy (non-hydrogen) atoms. The highest BCUT2D eigenvalue weighted by Crippen LogP contribution is 2.31. The van der Waals surface area contributed by atoms with E-state index in [1.165, 1.54) is 10.5 Å². The van der Waals surface area contributed by atoms with Crippen molar-refractivity contribution in [2.24, 2.45) is 0 Å². The predicted molar refractivity (Wildman–Crippen MR) is 98.1 cm³/mol. The standard InChI is InChI=1S/C21H17N3O2/c25-20-15-7-2-3-8-16(15)21(26)24(20)13-18-19-10-5-11-23(19)12-14-6-1-4-9-17(14)22-18/h1-11,18,22H,12-13H2. The minimum Gasteiger partial charge on any atom is -0.375 e. The minimum atomic E-state index is -0.219. The molecule has 128 valence electrons. The average molecular weight is 343 g/mol. The molecule has 2 aliphatic rings. The Balaban J connectivity index is 1.51. The molecule has 5 nitrogen and oxygen atoms in total. The number of benzene rings is 2. The van der Waals surface area contributed by atoms with Crippen LogP contribution in [0, 0.1) is 0 Å². The van der Waals surface area contributed by atoms with Gasteiger partial charge in [0.2, 0.25) is 0 Å². The van der Waals surface area contributed by atoms with Crippen LogP contribution in [0.25, 0.3) is 0 Å². The van der Waals surface area contributed by atoms with Crippen molar-refractivity contribution in [1.82, 2.24) is 9.47 Å². The summed E-state index contributed by atoms with van der Waals surface area (Å²) < 4.78 is 2.17. The third kappa shape index (κ3) is 2.17. The van der Waals surface area contributed by atoms with Gasteiger partial charge in [0.1, 0.15) is 0 Å². The summed E-state index contributed by atoms with van der Waals surface area (Å²) in [4.78, 5) is 26.8. The van der Waals surface area contributed by atoms with Crippen molar-refractivity contribution in [3.8, 4) is 0 Å². The Morgan fingerprint density at radius 1 is 0.885 bits per heavy atom. The lowest BCUT2D eigenvalue weighted by Gasteiger charge is -2.24. The highest BCUT2D eigenvalue weighted by Gasteiger charge is 2.37. The van der Waals surface area contributed by atoms with Crippen LogP contribution in [0.15, 0.2) is 66.9 Å². The number of fused-ring (bicyclic) bond motifs is 3. The third-order valence-corrected chi connectivity index (χ3v) is 5.15. The summed E-state index contributed by atoms with van der Waals surface area (Å²) in [5.74, 6) is -0.439. The van der Waals surface area contributed by atoms with Crippen molar-refractivity contribution in [2.75, 3.05) is 11.9 Å². The largest absolute Gasteiger partial charge is 0.375 e. The van der Waals surface area contributed by atoms with Crippen molar-refractivity contribution in [3.63, 3.8) is 0 Å². The van der Waals surface area contributed by atoms with Gasteiger partial charge in [-0.25, -0.2) is 0 Å². The van der Waals surface area contributed by atoms with Crippen LogP contribution in [0.3, 0.4) is 0 Å². The fourth-order valence-electron chi connectivity index (χ4n) is 3.86. The summed E-state index contributed by atoms with van der Waals surface area (Å²) in [6.45, 7) is 1.06. The number of hydrogen-bond donors (Lipinski definition) is 1. The molecule has 5 rings (SSSR count). The van der Waals surface area contributed by atoms with Gasteiger partial charge in [-0.3, -0.25) is 14.5 Å². The molecule has 5 heteroatoms. The van der Waals surface area contributed by atoms with Gasteiger partial charge < -0.3 is 9.88 Å². The van der Waals surface area contributed by atoms with Crippen LogP contribution in [0.2, 0.25) is 0 Å². The van der Waals surface area contributed by atoms with Crippen LogP contribution in [0.4, 0.5) is 5.69 Å². The van der Waals surface area contributed by atoms with E-state index in [-0.39, 0.29) is 17.9 Å². The Kier molecular flexibility index (Phi) is 3.22. The number of amides is 2. The van der Waals surface area contributed by atoms with Gasteiger partial charge in [-0.1, -0.05) is 30.3 Å². The molecule has 3 aromatic rings. The Labute approximate surface area is 150 Å². The Morgan fingerprint density at radius 2 is 1.58 bits per heavy atom. The highest BCUT2D eigenvalue weighted by atomic mass is 16.2. The number of hydrogen-bond acceptors (Lipinski definition) is 3. The van der Waals surface area contributed by atoms with Gasteiger partial charge in [0.25, 0.3) is 11.8 Å². The first-order valence-electron chi connectivity index (χ1n) is 8.67. The zero-order valence-corrected chi connectivity index (χ0v) is 14.1. The molecule has 0 spiro atoms. The number of rotatable bonds is 2. The molecule has 0 aliphatic carbocycles. The van der Waals surface area contributed by atoms with Crippen LogP contribution in [-0.4, -0.2) is 27.8 Å². The number of anilines is 1. The first-order chi connectivity index (χ1) is 12.7. The molecular formula is C21H17N3O2. The molecule has 1 unspecified atom stereocenters. The molecule has 1 N–H and O–H groups in total. The lowest BCUT2D eigenvalue weighted by atomic mass is 10.1. The van der Waals surface area contributed by atoms with E-state index in [0.717, 1.165) is 17.9 Å². The average Bonchev–Trinajstić information content (AvgIpc) is 3.17. The summed E-state index contributed by atoms with van der Waals surface area (Å²) in [6.07, 6.45) is 2.04. The number of carbonyl (C=O) groups excluding carboxylic acids is 2. The van der Waals surface area contributed by atoms with Gasteiger partial charge in [-0.15, -0.1) is 0 Å². The Bertz CT molecular complexity index is 1000. The lowest BCUT2D eigenvalue weighted by Crippen LogP contribution is -2.36. The minimum absolute atomic E-state index is 0.157. The van der Waals surface area contributed by atoms with E-state index < -0.39 is 0 Å². The quantitative estimate of drug-likeness (QED) is 0.727. The molecule has 0 saturated carbocycles. The summed E-state index contributed by atoms with van der Waals surface area (Å²) in [6, 6.07) is 19.0. The first kappa shape index (κ1) is 15.0. The lowest BCUT2D eigenvalue weighted by molar-refractivity contribution is 0.0647. The number of nitrogens with one attached hydrogen (secondary N) is 1. The van der Waals surface area contributed by atoms with Gasteiger partial charge in [0.15, 0.2) is 0 Å². The van der Waals surface area contributed by atoms with Gasteiger partial charge in [-0.2, -0.15) is 0 Å². The van der Waals surface area contributed by atoms with E-state index in [2.05, 4.69) is 16.0 Å². The fraction of sp³-hybridized carbons (Fsp3) is 0.143. The second kappa shape index (κ2) is 5.59. The summed E-state index contributed by atoms with van der Waals surface area (Å²) in [7, 11) is 0. The molecule has 2 aliphatic heterocycles. The maximum Gasteiger partial charge on any atom is 0.261 e. The van der Waals surface area contributed by atoms with Crippen molar-refractivity contribution in [1.29, 1.82) is 0 Å². The first-order valence-corrected chi connectivity index (χ1v) is 8.67. The van der Waals surface area contributed by atoms with Gasteiger partial charge in [-0.05, 0) is 35.9 Å². The zero-order chi connectivity index (χ0) is 17.7. The van der Waals surface area contributed by atoms with Crippen LogP contribution >= 0.6 is 0 Å². The van der Waals surface area contributed by atoms with Crippen molar-refractivity contribution in [2.45, 2.75) is 12.6 Å². The summed E-state index contributed by atoms with van der Waals surface area (Å²) in [5.41, 5.74) is 4.27. The normalized spacial score (nSPS) is 18.0. The second-order valence-corrected chi connectivity index (χ2v) is 6.68. The molecular weight excluding hydrogens is 326 g/mol. The predicted octanol–water partition coefficient (Wildman–Crippen LogP) is 3.30. The third-order valence-electron chi connectivity index (χ3n) is 5.15. The van der Waals surface area contributed by atoms with Crippen molar-refractivity contribution >= 4 is 17.5 Å². The molecule has 0 fully saturated rings. The topological polar surface area (TPSA) is 54.3 Å². The molecule has 1 atom stereocenters. The van der Waals surface area contributed by atoms with Crippen molar-refractivity contribution in [3.05, 3.63) is 89.2 Å². The van der Waals surface area contributed by atoms with E-state index in [0.29, 0.717) is 17.7 Å². The summed E-state index contributed by atoms with van der Waals surface area (Å²) in [5, 5.41) is 3.53. The van der Waals surface area contributed by atoms with E-state index in [1.54, 1.807) is 24.3 Å².